The lowest BCUT2D eigenvalue weighted by Gasteiger charge is -2.33. The highest BCUT2D eigenvalue weighted by atomic mass is 32.2. The number of sulfonamides is 1. The number of rotatable bonds is 11. The summed E-state index contributed by atoms with van der Waals surface area (Å²) in [6.45, 7) is 3.19. The molecule has 0 fully saturated rings. The second-order valence-corrected chi connectivity index (χ2v) is 9.48. The van der Waals surface area contributed by atoms with Crippen LogP contribution in [-0.4, -0.2) is 84.6 Å². The van der Waals surface area contributed by atoms with E-state index < -0.39 is 34.6 Å². The molecule has 1 aromatic heterocycles. The van der Waals surface area contributed by atoms with Crippen LogP contribution in [0.25, 0.3) is 0 Å². The number of benzene rings is 1. The Hall–Kier alpha value is -2.47. The van der Waals surface area contributed by atoms with Crippen molar-refractivity contribution in [1.29, 1.82) is 0 Å². The number of halogens is 1. The number of aromatic nitrogens is 2. The van der Waals surface area contributed by atoms with Crippen molar-refractivity contribution < 1.29 is 27.4 Å². The van der Waals surface area contributed by atoms with E-state index in [2.05, 4.69) is 9.97 Å². The third-order valence-corrected chi connectivity index (χ3v) is 7.16. The van der Waals surface area contributed by atoms with E-state index in [0.29, 0.717) is 0 Å². The first-order valence-corrected chi connectivity index (χ1v) is 11.5. The van der Waals surface area contributed by atoms with Gasteiger partial charge in [0.15, 0.2) is 0 Å². The largest absolute Gasteiger partial charge is 0.395 e. The van der Waals surface area contributed by atoms with Crippen LogP contribution in [0.15, 0.2) is 47.8 Å². The molecule has 0 radical (unpaired) electrons. The zero-order valence-electron chi connectivity index (χ0n) is 18.6. The Morgan fingerprint density at radius 3 is 2.38 bits per heavy atom. The molecule has 0 spiro atoms. The Bertz CT molecular complexity index is 975. The number of likely N-dealkylation sites (N-methyl/N-ethyl adjacent to an activating group) is 1. The lowest BCUT2D eigenvalue weighted by Crippen LogP contribution is -2.47. The van der Waals surface area contributed by atoms with Crippen LogP contribution in [0.3, 0.4) is 0 Å². The van der Waals surface area contributed by atoms with Crippen LogP contribution in [0.2, 0.25) is 0 Å². The molecule has 0 aliphatic rings. The predicted molar refractivity (Wildman–Crippen MR) is 116 cm³/mol. The Balaban J connectivity index is 2.19. The van der Waals surface area contributed by atoms with Crippen molar-refractivity contribution >= 4 is 15.9 Å². The van der Waals surface area contributed by atoms with E-state index in [1.54, 1.807) is 20.9 Å². The molecule has 0 aliphatic heterocycles. The van der Waals surface area contributed by atoms with E-state index in [9.17, 15) is 22.7 Å². The van der Waals surface area contributed by atoms with Crippen LogP contribution in [0, 0.1) is 11.7 Å². The molecule has 0 saturated heterocycles. The molecule has 0 bridgehead atoms. The molecular formula is C21H29FN4O5S. The summed E-state index contributed by atoms with van der Waals surface area (Å²) in [6, 6.07) is 3.80. The second kappa shape index (κ2) is 11.4. The van der Waals surface area contributed by atoms with Gasteiger partial charge in [-0.1, -0.05) is 6.92 Å². The minimum Gasteiger partial charge on any atom is -0.395 e. The monoisotopic (exact) mass is 468 g/mol. The van der Waals surface area contributed by atoms with Crippen molar-refractivity contribution in [3.63, 3.8) is 0 Å². The van der Waals surface area contributed by atoms with Gasteiger partial charge in [-0.2, -0.15) is 4.31 Å². The van der Waals surface area contributed by atoms with Crippen LogP contribution in [0.1, 0.15) is 24.3 Å². The number of methoxy groups -OCH3 is 1. The minimum atomic E-state index is -4.00. The highest BCUT2D eigenvalue weighted by Gasteiger charge is 2.33. The molecule has 0 aliphatic carbocycles. The normalized spacial score (nSPS) is 14.7. The number of hydrogen-bond donors (Lipinski definition) is 1. The summed E-state index contributed by atoms with van der Waals surface area (Å²) >= 11 is 0. The number of nitrogens with zero attached hydrogens (tertiary/aromatic N) is 4. The maximum absolute atomic E-state index is 13.3. The number of ether oxygens (including phenoxy) is 1. The number of hydrogen-bond acceptors (Lipinski definition) is 7. The number of aliphatic hydroxyl groups is 1. The first kappa shape index (κ1) is 25.8. The average molecular weight is 469 g/mol. The maximum Gasteiger partial charge on any atom is 0.273 e. The maximum atomic E-state index is 13.3. The number of aliphatic hydroxyl groups excluding tert-OH is 1. The topological polar surface area (TPSA) is 113 Å². The quantitative estimate of drug-likeness (QED) is 0.531. The predicted octanol–water partition coefficient (Wildman–Crippen LogP) is 1.41. The van der Waals surface area contributed by atoms with Gasteiger partial charge in [-0.05, 0) is 37.1 Å². The third-order valence-electron chi connectivity index (χ3n) is 5.16. The highest BCUT2D eigenvalue weighted by molar-refractivity contribution is 7.89. The fourth-order valence-corrected chi connectivity index (χ4v) is 4.92. The molecule has 32 heavy (non-hydrogen) atoms. The van der Waals surface area contributed by atoms with Crippen molar-refractivity contribution in [3.05, 3.63) is 54.4 Å². The van der Waals surface area contributed by atoms with E-state index in [1.807, 2.05) is 0 Å². The molecule has 1 amide bonds. The summed E-state index contributed by atoms with van der Waals surface area (Å²) in [7, 11) is -0.923. The summed E-state index contributed by atoms with van der Waals surface area (Å²) in [5, 5.41) is 9.65. The van der Waals surface area contributed by atoms with Gasteiger partial charge in [-0.15, -0.1) is 0 Å². The van der Waals surface area contributed by atoms with E-state index >= 15 is 0 Å². The molecule has 1 aromatic carbocycles. The molecular weight excluding hydrogens is 439 g/mol. The molecule has 2 aromatic rings. The molecule has 0 unspecified atom stereocenters. The molecule has 3 atom stereocenters. The van der Waals surface area contributed by atoms with Gasteiger partial charge in [0, 0.05) is 45.7 Å². The number of carbonyl (C=O) groups is 1. The number of amides is 1. The van der Waals surface area contributed by atoms with Gasteiger partial charge in [0.2, 0.25) is 10.0 Å². The molecule has 0 saturated carbocycles. The van der Waals surface area contributed by atoms with E-state index in [4.69, 9.17) is 4.74 Å². The zero-order valence-corrected chi connectivity index (χ0v) is 19.4. The van der Waals surface area contributed by atoms with Crippen molar-refractivity contribution in [2.45, 2.75) is 30.9 Å². The van der Waals surface area contributed by atoms with Crippen molar-refractivity contribution in [2.75, 3.05) is 33.9 Å². The van der Waals surface area contributed by atoms with Gasteiger partial charge in [0.25, 0.3) is 5.91 Å². The highest BCUT2D eigenvalue weighted by Crippen LogP contribution is 2.22. The van der Waals surface area contributed by atoms with Gasteiger partial charge in [0.1, 0.15) is 11.5 Å². The molecule has 2 rings (SSSR count). The third kappa shape index (κ3) is 6.28. The van der Waals surface area contributed by atoms with Crippen LogP contribution >= 0.6 is 0 Å². The Morgan fingerprint density at radius 1 is 1.19 bits per heavy atom. The summed E-state index contributed by atoms with van der Waals surface area (Å²) in [5.74, 6) is -1.23. The molecule has 1 N–H and O–H groups in total. The van der Waals surface area contributed by atoms with E-state index in [1.165, 1.54) is 47.0 Å². The fourth-order valence-electron chi connectivity index (χ4n) is 3.19. The Morgan fingerprint density at radius 2 is 1.84 bits per heavy atom. The van der Waals surface area contributed by atoms with Gasteiger partial charge in [0.05, 0.1) is 23.8 Å². The van der Waals surface area contributed by atoms with Gasteiger partial charge in [-0.25, -0.2) is 17.8 Å². The lowest BCUT2D eigenvalue weighted by atomic mass is 10.0. The van der Waals surface area contributed by atoms with Crippen LogP contribution in [0.5, 0.6) is 0 Å². The molecule has 1 heterocycles. The molecule has 11 heteroatoms. The van der Waals surface area contributed by atoms with Crippen molar-refractivity contribution in [3.8, 4) is 0 Å². The van der Waals surface area contributed by atoms with Crippen LogP contribution in [0.4, 0.5) is 4.39 Å². The zero-order chi connectivity index (χ0) is 23.9. The summed E-state index contributed by atoms with van der Waals surface area (Å²) < 4.78 is 46.3. The van der Waals surface area contributed by atoms with E-state index in [-0.39, 0.29) is 35.5 Å². The minimum absolute atomic E-state index is 0.0209. The SMILES string of the molecule is CO[C@@H](CN(C)C(=O)c1cnccn1)[C@@H](C)CN([C@@H](C)CO)S(=O)(=O)c1ccc(F)cc1. The first-order valence-electron chi connectivity index (χ1n) is 10.0. The second-order valence-electron chi connectivity index (χ2n) is 7.59. The Labute approximate surface area is 187 Å². The lowest BCUT2D eigenvalue weighted by molar-refractivity contribution is 0.0219. The summed E-state index contributed by atoms with van der Waals surface area (Å²) in [4.78, 5) is 21.8. The first-order chi connectivity index (χ1) is 15.1. The molecule has 176 valence electrons. The smallest absolute Gasteiger partial charge is 0.273 e. The van der Waals surface area contributed by atoms with Crippen LogP contribution < -0.4 is 0 Å². The van der Waals surface area contributed by atoms with Crippen molar-refractivity contribution in [1.82, 2.24) is 19.2 Å². The molecule has 9 nitrogen and oxygen atoms in total. The number of carbonyl (C=O) groups excluding carboxylic acids is 1. The van der Waals surface area contributed by atoms with Crippen molar-refractivity contribution in [2.24, 2.45) is 5.92 Å². The fraction of sp³-hybridized carbons (Fsp3) is 0.476. The average Bonchev–Trinajstić information content (AvgIpc) is 2.80. The Kier molecular flexibility index (Phi) is 9.20. The van der Waals surface area contributed by atoms with Gasteiger partial charge >= 0.3 is 0 Å². The van der Waals surface area contributed by atoms with Crippen LogP contribution in [-0.2, 0) is 14.8 Å². The van der Waals surface area contributed by atoms with Gasteiger partial charge < -0.3 is 14.7 Å². The van der Waals surface area contributed by atoms with Gasteiger partial charge in [-0.3, -0.25) is 9.78 Å². The standard InChI is InChI=1S/C21H29FN4O5S/c1-15(20(31-4)13-25(3)21(28)19-11-23-9-10-24-19)12-26(16(2)14-27)32(29,30)18-7-5-17(22)6-8-18/h5-11,15-16,20,27H,12-14H2,1-4H3/t15-,16-,20-/m0/s1. The summed E-state index contributed by atoms with van der Waals surface area (Å²) in [5.41, 5.74) is 0.187. The van der Waals surface area contributed by atoms with E-state index in [0.717, 1.165) is 12.1 Å². The summed E-state index contributed by atoms with van der Waals surface area (Å²) in [6.07, 6.45) is 3.75.